The number of carbonyl (C=O) groups is 1. The highest BCUT2D eigenvalue weighted by molar-refractivity contribution is 5.97. The lowest BCUT2D eigenvalue weighted by atomic mass is 10.00. The number of rotatable bonds is 4. The number of aromatic nitrogens is 3. The zero-order valence-corrected chi connectivity index (χ0v) is 14.7. The molecule has 1 N–H and O–H groups in total. The summed E-state index contributed by atoms with van der Waals surface area (Å²) in [4.78, 5) is 19.6. The monoisotopic (exact) mass is 339 g/mol. The van der Waals surface area contributed by atoms with E-state index < -0.39 is 0 Å². The molecule has 132 valence electrons. The van der Waals surface area contributed by atoms with Gasteiger partial charge < -0.3 is 4.90 Å². The van der Waals surface area contributed by atoms with E-state index in [2.05, 4.69) is 22.3 Å². The van der Waals surface area contributed by atoms with Crippen LogP contribution in [0.25, 0.3) is 0 Å². The van der Waals surface area contributed by atoms with Crippen molar-refractivity contribution in [2.75, 3.05) is 11.4 Å². The van der Waals surface area contributed by atoms with Gasteiger partial charge in [-0.05, 0) is 37.8 Å². The maximum atomic E-state index is 13.0. The van der Waals surface area contributed by atoms with Crippen LogP contribution in [0.5, 0.6) is 0 Å². The molecule has 1 fully saturated rings. The zero-order valence-electron chi connectivity index (χ0n) is 14.7. The Labute approximate surface area is 148 Å². The van der Waals surface area contributed by atoms with Gasteiger partial charge in [0.2, 0.25) is 5.91 Å². The molecule has 0 spiro atoms. The van der Waals surface area contributed by atoms with E-state index in [4.69, 9.17) is 0 Å². The molecule has 2 aliphatic heterocycles. The average molecular weight is 339 g/mol. The highest BCUT2D eigenvalue weighted by Gasteiger charge is 2.33. The second kappa shape index (κ2) is 6.96. The van der Waals surface area contributed by atoms with E-state index in [1.54, 1.807) is 0 Å². The summed E-state index contributed by atoms with van der Waals surface area (Å²) in [6.07, 6.45) is 4.82. The fourth-order valence-electron chi connectivity index (χ4n) is 3.84. The molecule has 0 unspecified atom stereocenters. The summed E-state index contributed by atoms with van der Waals surface area (Å²) < 4.78 is 2.02. The Balaban J connectivity index is 1.51. The van der Waals surface area contributed by atoms with Crippen molar-refractivity contribution < 1.29 is 4.79 Å². The highest BCUT2D eigenvalue weighted by atomic mass is 16.2. The Bertz CT molecular complexity index is 742. The predicted molar refractivity (Wildman–Crippen MR) is 96.3 cm³/mol. The van der Waals surface area contributed by atoms with Gasteiger partial charge in [0, 0.05) is 25.2 Å². The number of aryl methyl sites for hydroxylation is 2. The summed E-state index contributed by atoms with van der Waals surface area (Å²) in [6, 6.07) is 9.92. The van der Waals surface area contributed by atoms with Gasteiger partial charge in [-0.1, -0.05) is 25.1 Å². The SMILES string of the molecule is CCc1nc2n(n1)CCC[C@H]2N[C@@H]1CCCN(c2ccccc2)C1=O. The molecule has 25 heavy (non-hydrogen) atoms. The van der Waals surface area contributed by atoms with Crippen molar-refractivity contribution in [1.29, 1.82) is 0 Å². The highest BCUT2D eigenvalue weighted by Crippen LogP contribution is 2.27. The molecule has 3 heterocycles. The lowest BCUT2D eigenvalue weighted by Gasteiger charge is -2.35. The standard InChI is InChI=1S/C19H25N5O/c1-2-17-21-18-15(10-7-13-24(18)22-17)20-16-11-6-12-23(19(16)25)14-8-4-3-5-9-14/h3-5,8-9,15-16,20H,2,6-7,10-13H2,1H3/t15-,16-/m1/s1. The van der Waals surface area contributed by atoms with Crippen molar-refractivity contribution in [3.63, 3.8) is 0 Å². The summed E-state index contributed by atoms with van der Waals surface area (Å²) in [6.45, 7) is 3.79. The Morgan fingerprint density at radius 3 is 2.68 bits per heavy atom. The first-order valence-corrected chi connectivity index (χ1v) is 9.32. The molecular weight excluding hydrogens is 314 g/mol. The molecule has 0 saturated carbocycles. The van der Waals surface area contributed by atoms with Gasteiger partial charge in [-0.25, -0.2) is 9.67 Å². The molecule has 0 bridgehead atoms. The van der Waals surface area contributed by atoms with Crippen LogP contribution in [-0.4, -0.2) is 33.3 Å². The number of anilines is 1. The normalized spacial score (nSPS) is 23.6. The summed E-state index contributed by atoms with van der Waals surface area (Å²) >= 11 is 0. The van der Waals surface area contributed by atoms with Crippen LogP contribution in [0.15, 0.2) is 30.3 Å². The number of hydrogen-bond acceptors (Lipinski definition) is 4. The molecule has 1 amide bonds. The van der Waals surface area contributed by atoms with Gasteiger partial charge in [-0.15, -0.1) is 0 Å². The molecule has 2 atom stereocenters. The maximum Gasteiger partial charge on any atom is 0.244 e. The molecule has 2 aliphatic rings. The lowest BCUT2D eigenvalue weighted by Crippen LogP contribution is -2.52. The van der Waals surface area contributed by atoms with Crippen LogP contribution in [0.3, 0.4) is 0 Å². The van der Waals surface area contributed by atoms with Gasteiger partial charge in [0.15, 0.2) is 5.82 Å². The minimum Gasteiger partial charge on any atom is -0.311 e. The Hall–Kier alpha value is -2.21. The van der Waals surface area contributed by atoms with Crippen LogP contribution in [0, 0.1) is 0 Å². The molecule has 6 nitrogen and oxygen atoms in total. The van der Waals surface area contributed by atoms with E-state index in [-0.39, 0.29) is 18.0 Å². The van der Waals surface area contributed by atoms with Gasteiger partial charge in [-0.3, -0.25) is 10.1 Å². The maximum absolute atomic E-state index is 13.0. The molecule has 4 rings (SSSR count). The Morgan fingerprint density at radius 2 is 1.88 bits per heavy atom. The lowest BCUT2D eigenvalue weighted by molar-refractivity contribution is -0.122. The molecular formula is C19H25N5O. The number of para-hydroxylation sites is 1. The van der Waals surface area contributed by atoms with Crippen LogP contribution >= 0.6 is 0 Å². The second-order valence-electron chi connectivity index (χ2n) is 6.84. The van der Waals surface area contributed by atoms with Gasteiger partial charge in [0.25, 0.3) is 0 Å². The number of carbonyl (C=O) groups excluding carboxylic acids is 1. The first-order chi connectivity index (χ1) is 12.3. The third-order valence-electron chi connectivity index (χ3n) is 5.14. The van der Waals surface area contributed by atoms with Crippen molar-refractivity contribution in [1.82, 2.24) is 20.1 Å². The van der Waals surface area contributed by atoms with Gasteiger partial charge in [-0.2, -0.15) is 5.10 Å². The molecule has 6 heteroatoms. The summed E-state index contributed by atoms with van der Waals surface area (Å²) in [5, 5.41) is 8.15. The molecule has 1 aromatic heterocycles. The number of fused-ring (bicyclic) bond motifs is 1. The van der Waals surface area contributed by atoms with Gasteiger partial charge in [0.1, 0.15) is 5.82 Å². The van der Waals surface area contributed by atoms with E-state index in [9.17, 15) is 4.79 Å². The third-order valence-corrected chi connectivity index (χ3v) is 5.14. The van der Waals surface area contributed by atoms with Crippen LogP contribution < -0.4 is 10.2 Å². The first kappa shape index (κ1) is 16.3. The summed E-state index contributed by atoms with van der Waals surface area (Å²) in [5.41, 5.74) is 0.985. The number of hydrogen-bond donors (Lipinski definition) is 1. The van der Waals surface area contributed by atoms with E-state index in [1.807, 2.05) is 39.9 Å². The topological polar surface area (TPSA) is 63.1 Å². The van der Waals surface area contributed by atoms with Crippen LogP contribution in [-0.2, 0) is 17.8 Å². The fourth-order valence-corrected chi connectivity index (χ4v) is 3.84. The van der Waals surface area contributed by atoms with Gasteiger partial charge >= 0.3 is 0 Å². The number of piperidine rings is 1. The predicted octanol–water partition coefficient (Wildman–Crippen LogP) is 2.46. The number of amides is 1. The summed E-state index contributed by atoms with van der Waals surface area (Å²) in [5.74, 6) is 2.06. The largest absolute Gasteiger partial charge is 0.311 e. The number of nitrogens with one attached hydrogen (secondary N) is 1. The minimum absolute atomic E-state index is 0.117. The first-order valence-electron chi connectivity index (χ1n) is 9.32. The fraction of sp³-hybridized carbons (Fsp3) is 0.526. The Kier molecular flexibility index (Phi) is 4.53. The van der Waals surface area contributed by atoms with Crippen molar-refractivity contribution in [3.05, 3.63) is 42.0 Å². The molecule has 0 aliphatic carbocycles. The van der Waals surface area contributed by atoms with Crippen LogP contribution in [0.4, 0.5) is 5.69 Å². The third kappa shape index (κ3) is 3.18. The van der Waals surface area contributed by atoms with Gasteiger partial charge in [0.05, 0.1) is 12.1 Å². The minimum atomic E-state index is -0.146. The molecule has 1 saturated heterocycles. The van der Waals surface area contributed by atoms with Crippen molar-refractivity contribution in [2.45, 2.75) is 57.7 Å². The molecule has 1 aromatic carbocycles. The second-order valence-corrected chi connectivity index (χ2v) is 6.84. The Morgan fingerprint density at radius 1 is 1.12 bits per heavy atom. The number of nitrogens with zero attached hydrogens (tertiary/aromatic N) is 4. The average Bonchev–Trinajstić information content (AvgIpc) is 3.08. The van der Waals surface area contributed by atoms with Crippen molar-refractivity contribution >= 4 is 11.6 Å². The summed E-state index contributed by atoms with van der Waals surface area (Å²) in [7, 11) is 0. The van der Waals surface area contributed by atoms with Crippen molar-refractivity contribution in [2.24, 2.45) is 0 Å². The van der Waals surface area contributed by atoms with E-state index >= 15 is 0 Å². The van der Waals surface area contributed by atoms with E-state index in [0.29, 0.717) is 0 Å². The smallest absolute Gasteiger partial charge is 0.244 e. The zero-order chi connectivity index (χ0) is 17.2. The van der Waals surface area contributed by atoms with Crippen molar-refractivity contribution in [3.8, 4) is 0 Å². The van der Waals surface area contributed by atoms with E-state index in [0.717, 1.165) is 62.5 Å². The van der Waals surface area contributed by atoms with Crippen LogP contribution in [0.1, 0.15) is 50.3 Å². The number of benzene rings is 1. The molecule has 2 aromatic rings. The quantitative estimate of drug-likeness (QED) is 0.929. The van der Waals surface area contributed by atoms with Crippen LogP contribution in [0.2, 0.25) is 0 Å². The molecule has 0 radical (unpaired) electrons. The van der Waals surface area contributed by atoms with E-state index in [1.165, 1.54) is 0 Å².